The lowest BCUT2D eigenvalue weighted by Gasteiger charge is -2.18. The van der Waals surface area contributed by atoms with Crippen molar-refractivity contribution in [1.29, 1.82) is 0 Å². The highest BCUT2D eigenvalue weighted by Gasteiger charge is 2.17. The van der Waals surface area contributed by atoms with Crippen LogP contribution in [0.4, 0.5) is 0 Å². The summed E-state index contributed by atoms with van der Waals surface area (Å²) in [6, 6.07) is 1.58. The lowest BCUT2D eigenvalue weighted by molar-refractivity contribution is -0.132. The molecule has 0 bridgehead atoms. The molecule has 0 fully saturated rings. The van der Waals surface area contributed by atoms with Crippen LogP contribution in [0.2, 0.25) is 0 Å². The number of carbonyl (C=O) groups is 3. The zero-order chi connectivity index (χ0) is 24.7. The van der Waals surface area contributed by atoms with Crippen LogP contribution in [0.1, 0.15) is 21.6 Å². The Hall–Kier alpha value is -4.91. The Bertz CT molecular complexity index is 1380. The van der Waals surface area contributed by atoms with Gasteiger partial charge >= 0.3 is 11.9 Å². The number of nitrogens with one attached hydrogen (secondary N) is 1. The molecular weight excluding hydrogens is 440 g/mol. The Morgan fingerprint density at radius 1 is 1.09 bits per heavy atom. The van der Waals surface area contributed by atoms with Gasteiger partial charge in [0.1, 0.15) is 22.9 Å². The maximum atomic E-state index is 12.4. The number of fused-ring (bicyclic) bond motifs is 3. The minimum atomic E-state index is -1.44. The summed E-state index contributed by atoms with van der Waals surface area (Å²) < 4.78 is 5.97. The molecule has 0 spiro atoms. The lowest BCUT2D eigenvalue weighted by atomic mass is 10.0. The van der Waals surface area contributed by atoms with Crippen LogP contribution < -0.4 is 16.1 Å². The molecule has 0 radical (unpaired) electrons. The van der Waals surface area contributed by atoms with Gasteiger partial charge in [-0.05, 0) is 36.4 Å². The highest BCUT2D eigenvalue weighted by atomic mass is 16.4. The normalized spacial score (nSPS) is 12.8. The van der Waals surface area contributed by atoms with E-state index in [-0.39, 0.29) is 5.91 Å². The van der Waals surface area contributed by atoms with E-state index in [0.29, 0.717) is 11.4 Å². The van der Waals surface area contributed by atoms with Gasteiger partial charge in [0.2, 0.25) is 0 Å². The third-order valence-electron chi connectivity index (χ3n) is 4.64. The first kappa shape index (κ1) is 23.7. The molecule has 0 unspecified atom stereocenters. The first-order valence-corrected chi connectivity index (χ1v) is 9.90. The number of likely N-dealkylation sites (N-methyl/N-ethyl adjacent to an activating group) is 1. The molecule has 3 N–H and O–H groups in total. The van der Waals surface area contributed by atoms with Crippen molar-refractivity contribution in [2.45, 2.75) is 6.42 Å². The van der Waals surface area contributed by atoms with Gasteiger partial charge < -0.3 is 24.8 Å². The monoisotopic (exact) mass is 460 g/mol. The van der Waals surface area contributed by atoms with Gasteiger partial charge in [0, 0.05) is 61.1 Å². The van der Waals surface area contributed by atoms with Gasteiger partial charge in [-0.1, -0.05) is 6.08 Å². The summed E-state index contributed by atoms with van der Waals surface area (Å²) in [5.41, 5.74) is 5.99. The van der Waals surface area contributed by atoms with Crippen molar-refractivity contribution in [2.75, 3.05) is 14.1 Å². The number of allylic oxidation sites excluding steroid dienone is 4. The quantitative estimate of drug-likeness (QED) is 0.544. The van der Waals surface area contributed by atoms with Crippen LogP contribution in [0, 0.1) is 11.8 Å². The number of carbonyl (C=O) groups excluding carboxylic acids is 1. The molecule has 0 aromatic carbocycles. The minimum absolute atomic E-state index is 0.274. The molecule has 172 valence electrons. The van der Waals surface area contributed by atoms with E-state index in [1.165, 1.54) is 23.9 Å². The van der Waals surface area contributed by atoms with Gasteiger partial charge in [-0.15, -0.1) is 0 Å². The molecule has 0 saturated carbocycles. The van der Waals surface area contributed by atoms with Crippen molar-refractivity contribution in [3.8, 4) is 11.8 Å². The van der Waals surface area contributed by atoms with E-state index >= 15 is 0 Å². The van der Waals surface area contributed by atoms with Crippen LogP contribution in [0.5, 0.6) is 0 Å². The molecule has 0 atom stereocenters. The maximum absolute atomic E-state index is 12.4. The van der Waals surface area contributed by atoms with E-state index in [0.717, 1.165) is 28.4 Å². The zero-order valence-corrected chi connectivity index (χ0v) is 18.3. The molecule has 2 aliphatic carbocycles. The van der Waals surface area contributed by atoms with Crippen molar-refractivity contribution >= 4 is 36.1 Å². The van der Waals surface area contributed by atoms with Gasteiger partial charge in [-0.25, -0.2) is 19.6 Å². The molecule has 0 aliphatic heterocycles. The third-order valence-corrected chi connectivity index (χ3v) is 4.64. The van der Waals surface area contributed by atoms with Crippen LogP contribution in [-0.2, 0) is 16.0 Å². The molecule has 2 aromatic heterocycles. The van der Waals surface area contributed by atoms with E-state index in [9.17, 15) is 14.4 Å². The molecule has 34 heavy (non-hydrogen) atoms. The number of hydrogen-bond acceptors (Lipinski definition) is 7. The second kappa shape index (κ2) is 10.6. The third kappa shape index (κ3) is 6.08. The SMILES string of the molecule is CN(C)C1=CC=c2oc3c(c2C1)C=C(NC(=O)c1ccncn1)C=CC=3.O=C(O)C#CC(=O)O. The Labute approximate surface area is 193 Å². The Morgan fingerprint density at radius 3 is 2.44 bits per heavy atom. The molecule has 10 nitrogen and oxygen atoms in total. The fourth-order valence-electron chi connectivity index (χ4n) is 3.08. The van der Waals surface area contributed by atoms with E-state index in [1.807, 2.05) is 44.5 Å². The van der Waals surface area contributed by atoms with Crippen molar-refractivity contribution in [3.63, 3.8) is 0 Å². The number of rotatable bonds is 3. The number of nitrogens with zero attached hydrogens (tertiary/aromatic N) is 3. The first-order valence-electron chi connectivity index (χ1n) is 9.90. The summed E-state index contributed by atoms with van der Waals surface area (Å²) in [5, 5.41) is 18.3. The van der Waals surface area contributed by atoms with Crippen molar-refractivity contribution < 1.29 is 29.0 Å². The number of aliphatic carboxylic acids is 2. The van der Waals surface area contributed by atoms with Gasteiger partial charge in [-0.2, -0.15) is 0 Å². The second-order valence-corrected chi connectivity index (χ2v) is 7.15. The highest BCUT2D eigenvalue weighted by molar-refractivity contribution is 5.96. The first-order chi connectivity index (χ1) is 16.2. The van der Waals surface area contributed by atoms with Crippen molar-refractivity contribution in [3.05, 3.63) is 75.9 Å². The summed E-state index contributed by atoms with van der Waals surface area (Å²) in [4.78, 5) is 41.2. The van der Waals surface area contributed by atoms with Gasteiger partial charge in [-0.3, -0.25) is 4.79 Å². The fraction of sp³-hybridized carbons (Fsp3) is 0.125. The molecular formula is C24H20N4O6. The van der Waals surface area contributed by atoms with Crippen molar-refractivity contribution in [1.82, 2.24) is 20.2 Å². The second-order valence-electron chi connectivity index (χ2n) is 7.15. The van der Waals surface area contributed by atoms with Gasteiger partial charge in [0.15, 0.2) is 0 Å². The van der Waals surface area contributed by atoms with Crippen LogP contribution in [-0.4, -0.2) is 57.0 Å². The fourth-order valence-corrected chi connectivity index (χ4v) is 3.08. The van der Waals surface area contributed by atoms with Crippen LogP contribution in [0.3, 0.4) is 0 Å². The van der Waals surface area contributed by atoms with Crippen LogP contribution in [0.15, 0.2) is 52.6 Å². The summed E-state index contributed by atoms with van der Waals surface area (Å²) in [6.45, 7) is 0. The molecule has 4 rings (SSSR count). The van der Waals surface area contributed by atoms with Gasteiger partial charge in [0.05, 0.1) is 0 Å². The Balaban J connectivity index is 0.000000350. The average Bonchev–Trinajstić information content (AvgIpc) is 3.02. The predicted molar refractivity (Wildman–Crippen MR) is 122 cm³/mol. The number of carboxylic acid groups (broad SMARTS) is 2. The number of furan rings is 1. The summed E-state index contributed by atoms with van der Waals surface area (Å²) in [5.74, 6) is -0.325. The maximum Gasteiger partial charge on any atom is 0.382 e. The summed E-state index contributed by atoms with van der Waals surface area (Å²) >= 11 is 0. The van der Waals surface area contributed by atoms with E-state index < -0.39 is 11.9 Å². The summed E-state index contributed by atoms with van der Waals surface area (Å²) in [6.07, 6.45) is 15.3. The molecule has 2 heterocycles. The standard InChI is InChI=1S/C20H18N4O2.C4H2O4/c1-24(2)14-6-7-19-16(11-14)15-10-13(4-3-5-18(15)26-19)23-20(25)17-8-9-21-12-22-17;5-3(6)1-2-4(7)8/h3-10,12H,11H2,1-2H3,(H,23,25);(H,5,6)(H,7,8). The Morgan fingerprint density at radius 2 is 1.82 bits per heavy atom. The lowest BCUT2D eigenvalue weighted by Crippen LogP contribution is -2.23. The topological polar surface area (TPSA) is 146 Å². The van der Waals surface area contributed by atoms with E-state index in [4.69, 9.17) is 14.6 Å². The number of hydrogen-bond donors (Lipinski definition) is 3. The number of amides is 1. The molecule has 1 amide bonds. The highest BCUT2D eigenvalue weighted by Crippen LogP contribution is 2.17. The largest absolute Gasteiger partial charge is 0.472 e. The van der Waals surface area contributed by atoms with Crippen LogP contribution >= 0.6 is 0 Å². The molecule has 0 saturated heterocycles. The summed E-state index contributed by atoms with van der Waals surface area (Å²) in [7, 11) is 4.06. The molecule has 2 aliphatic rings. The average molecular weight is 460 g/mol. The van der Waals surface area contributed by atoms with Crippen LogP contribution in [0.25, 0.3) is 18.2 Å². The molecule has 10 heteroatoms. The number of aromatic nitrogens is 2. The number of carboxylic acids is 2. The van der Waals surface area contributed by atoms with E-state index in [1.54, 1.807) is 12.3 Å². The van der Waals surface area contributed by atoms with Crippen molar-refractivity contribution in [2.24, 2.45) is 0 Å². The predicted octanol–water partition coefficient (Wildman–Crippen LogP) is 0.132. The molecule has 2 aromatic rings. The minimum Gasteiger partial charge on any atom is -0.472 e. The zero-order valence-electron chi connectivity index (χ0n) is 18.3. The van der Waals surface area contributed by atoms with Gasteiger partial charge in [0.25, 0.3) is 5.91 Å². The smallest absolute Gasteiger partial charge is 0.382 e. The Kier molecular flexibility index (Phi) is 7.41. The van der Waals surface area contributed by atoms with E-state index in [2.05, 4.69) is 26.3 Å².